The molecule has 0 aliphatic carbocycles. The highest BCUT2D eigenvalue weighted by molar-refractivity contribution is 5.75. The predicted octanol–water partition coefficient (Wildman–Crippen LogP) is 3.22. The predicted molar refractivity (Wildman–Crippen MR) is 97.7 cm³/mol. The van der Waals surface area contributed by atoms with Crippen molar-refractivity contribution in [3.63, 3.8) is 0 Å². The number of halogens is 1. The normalized spacial score (nSPS) is 15.8. The minimum Gasteiger partial charge on any atom is -0.493 e. The van der Waals surface area contributed by atoms with Crippen LogP contribution < -0.4 is 10.1 Å². The lowest BCUT2D eigenvalue weighted by Crippen LogP contribution is -2.28. The first-order chi connectivity index (χ1) is 12.8. The van der Waals surface area contributed by atoms with Gasteiger partial charge in [-0.2, -0.15) is 0 Å². The molecular weight excluding hydrogens is 331 g/mol. The van der Waals surface area contributed by atoms with E-state index in [-0.39, 0.29) is 11.9 Å². The molecule has 2 aromatic carbocycles. The molecule has 0 bridgehead atoms. The summed E-state index contributed by atoms with van der Waals surface area (Å²) in [6.07, 6.45) is 1.45. The highest BCUT2D eigenvalue weighted by Crippen LogP contribution is 2.34. The molecule has 1 N–H and O–H groups in total. The first kappa shape index (κ1) is 16.5. The van der Waals surface area contributed by atoms with Crippen LogP contribution in [0.15, 0.2) is 47.5 Å². The molecule has 2 aliphatic heterocycles. The summed E-state index contributed by atoms with van der Waals surface area (Å²) < 4.78 is 24.7. The van der Waals surface area contributed by atoms with E-state index in [9.17, 15) is 4.39 Å². The monoisotopic (exact) mass is 350 g/mol. The molecule has 26 heavy (non-hydrogen) atoms. The number of ether oxygens (including phenoxy) is 2. The van der Waals surface area contributed by atoms with E-state index < -0.39 is 0 Å². The van der Waals surface area contributed by atoms with E-state index in [1.807, 2.05) is 12.1 Å². The molecule has 2 aliphatic rings. The smallest absolute Gasteiger partial charge is 0.285 e. The molecular formula is C21H19FN2O2. The molecule has 4 rings (SSSR count). The average Bonchev–Trinajstić information content (AvgIpc) is 3.32. The van der Waals surface area contributed by atoms with Gasteiger partial charge in [0.2, 0.25) is 0 Å². The zero-order valence-electron chi connectivity index (χ0n) is 14.3. The first-order valence-electron chi connectivity index (χ1n) is 8.72. The van der Waals surface area contributed by atoms with E-state index in [0.717, 1.165) is 17.7 Å². The molecule has 0 spiro atoms. The lowest BCUT2D eigenvalue weighted by molar-refractivity contribution is 0.322. The minimum absolute atomic E-state index is 0.110. The van der Waals surface area contributed by atoms with Crippen LogP contribution in [-0.2, 0) is 11.2 Å². The second-order valence-electron chi connectivity index (χ2n) is 6.18. The number of nitrogens with one attached hydrogen (secondary N) is 1. The number of amidine groups is 1. The fraction of sp³-hybridized carbons (Fsp3) is 0.286. The molecule has 132 valence electrons. The van der Waals surface area contributed by atoms with Crippen molar-refractivity contribution in [2.75, 3.05) is 19.8 Å². The first-order valence-corrected chi connectivity index (χ1v) is 8.72. The van der Waals surface area contributed by atoms with E-state index in [4.69, 9.17) is 9.47 Å². The third kappa shape index (κ3) is 3.65. The van der Waals surface area contributed by atoms with Crippen LogP contribution in [0.3, 0.4) is 0 Å². The number of rotatable bonds is 3. The highest BCUT2D eigenvalue weighted by Gasteiger charge is 2.23. The van der Waals surface area contributed by atoms with Crippen molar-refractivity contribution in [1.82, 2.24) is 5.32 Å². The van der Waals surface area contributed by atoms with Gasteiger partial charge in [-0.15, -0.1) is 0 Å². The van der Waals surface area contributed by atoms with Crippen LogP contribution in [0.4, 0.5) is 4.39 Å². The molecule has 0 radical (unpaired) electrons. The van der Waals surface area contributed by atoms with Gasteiger partial charge in [-0.05, 0) is 23.8 Å². The molecule has 4 nitrogen and oxygen atoms in total. The van der Waals surface area contributed by atoms with E-state index in [0.29, 0.717) is 37.8 Å². The van der Waals surface area contributed by atoms with Crippen molar-refractivity contribution in [1.29, 1.82) is 0 Å². The van der Waals surface area contributed by atoms with E-state index in [1.54, 1.807) is 12.1 Å². The van der Waals surface area contributed by atoms with Crippen LogP contribution in [0.5, 0.6) is 5.75 Å². The quantitative estimate of drug-likeness (QED) is 0.865. The topological polar surface area (TPSA) is 42.9 Å². The largest absolute Gasteiger partial charge is 0.493 e. The van der Waals surface area contributed by atoms with Crippen molar-refractivity contribution in [3.05, 3.63) is 65.0 Å². The summed E-state index contributed by atoms with van der Waals surface area (Å²) in [5.41, 5.74) is 2.92. The Morgan fingerprint density at radius 2 is 2.08 bits per heavy atom. The second-order valence-corrected chi connectivity index (χ2v) is 6.18. The van der Waals surface area contributed by atoms with Gasteiger partial charge in [0, 0.05) is 24.0 Å². The number of para-hydroxylation sites is 1. The van der Waals surface area contributed by atoms with Crippen molar-refractivity contribution >= 4 is 6.02 Å². The summed E-state index contributed by atoms with van der Waals surface area (Å²) in [6, 6.07) is 12.9. The Bertz CT molecular complexity index is 898. The summed E-state index contributed by atoms with van der Waals surface area (Å²) in [7, 11) is 0. The molecule has 2 aromatic rings. The number of benzene rings is 2. The number of hydrogen-bond donors (Lipinski definition) is 1. The fourth-order valence-corrected chi connectivity index (χ4v) is 3.15. The van der Waals surface area contributed by atoms with Gasteiger partial charge in [-0.1, -0.05) is 36.1 Å². The lowest BCUT2D eigenvalue weighted by atomic mass is 9.99. The van der Waals surface area contributed by atoms with Crippen LogP contribution in [0.25, 0.3) is 0 Å². The zero-order valence-corrected chi connectivity index (χ0v) is 14.3. The van der Waals surface area contributed by atoms with E-state index in [2.05, 4.69) is 28.2 Å². The molecule has 0 amide bonds. The van der Waals surface area contributed by atoms with Crippen molar-refractivity contribution in [2.45, 2.75) is 18.9 Å². The summed E-state index contributed by atoms with van der Waals surface area (Å²) in [5.74, 6) is 6.82. The molecule has 1 unspecified atom stereocenters. The minimum atomic E-state index is -0.283. The maximum Gasteiger partial charge on any atom is 0.285 e. The summed E-state index contributed by atoms with van der Waals surface area (Å²) in [5, 5.41) is 3.33. The maximum absolute atomic E-state index is 13.3. The Morgan fingerprint density at radius 1 is 1.15 bits per heavy atom. The van der Waals surface area contributed by atoms with Crippen LogP contribution in [0.1, 0.15) is 29.2 Å². The van der Waals surface area contributed by atoms with Crippen LogP contribution in [0, 0.1) is 17.7 Å². The molecule has 0 aromatic heterocycles. The van der Waals surface area contributed by atoms with Gasteiger partial charge in [0.15, 0.2) is 0 Å². The SMILES string of the molecule is Fc1cccc(C#CCC(NC2=NCCO2)c2cccc3c2OCC3)c1. The lowest BCUT2D eigenvalue weighted by Gasteiger charge is -2.19. The molecule has 1 atom stereocenters. The number of aliphatic imine (C=N–C) groups is 1. The van der Waals surface area contributed by atoms with E-state index in [1.165, 1.54) is 17.7 Å². The van der Waals surface area contributed by atoms with Crippen molar-refractivity contribution in [2.24, 2.45) is 4.99 Å². The Morgan fingerprint density at radius 3 is 2.92 bits per heavy atom. The summed E-state index contributed by atoms with van der Waals surface area (Å²) in [4.78, 5) is 4.32. The average molecular weight is 350 g/mol. The fourth-order valence-electron chi connectivity index (χ4n) is 3.15. The third-order valence-corrected chi connectivity index (χ3v) is 4.37. The van der Waals surface area contributed by atoms with Gasteiger partial charge in [-0.3, -0.25) is 0 Å². The second kappa shape index (κ2) is 7.49. The van der Waals surface area contributed by atoms with Gasteiger partial charge in [0.1, 0.15) is 18.2 Å². The van der Waals surface area contributed by atoms with Gasteiger partial charge in [-0.25, -0.2) is 9.38 Å². The van der Waals surface area contributed by atoms with Crippen molar-refractivity contribution < 1.29 is 13.9 Å². The van der Waals surface area contributed by atoms with Crippen LogP contribution >= 0.6 is 0 Å². The Balaban J connectivity index is 1.59. The molecule has 2 heterocycles. The van der Waals surface area contributed by atoms with E-state index >= 15 is 0 Å². The van der Waals surface area contributed by atoms with Gasteiger partial charge in [0.05, 0.1) is 19.2 Å². The number of nitrogens with zero attached hydrogens (tertiary/aromatic N) is 1. The molecule has 0 saturated heterocycles. The summed E-state index contributed by atoms with van der Waals surface area (Å²) >= 11 is 0. The van der Waals surface area contributed by atoms with Gasteiger partial charge < -0.3 is 14.8 Å². The standard InChI is InChI=1S/C21H19FN2O2/c22-17-7-1-4-15(14-17)5-2-9-19(24-21-23-11-13-26-21)18-8-3-6-16-10-12-25-20(16)18/h1,3-4,6-8,14,19H,9-13H2,(H,23,24). The molecule has 5 heteroatoms. The Hall–Kier alpha value is -3.00. The molecule has 0 fully saturated rings. The van der Waals surface area contributed by atoms with Crippen LogP contribution in [-0.4, -0.2) is 25.8 Å². The van der Waals surface area contributed by atoms with Gasteiger partial charge in [0.25, 0.3) is 6.02 Å². The van der Waals surface area contributed by atoms with Gasteiger partial charge >= 0.3 is 0 Å². The van der Waals surface area contributed by atoms with Crippen LogP contribution in [0.2, 0.25) is 0 Å². The van der Waals surface area contributed by atoms with Crippen molar-refractivity contribution in [3.8, 4) is 17.6 Å². The molecule has 0 saturated carbocycles. The zero-order chi connectivity index (χ0) is 17.8. The maximum atomic E-state index is 13.3. The number of fused-ring (bicyclic) bond motifs is 1. The Kier molecular flexibility index (Phi) is 4.74. The third-order valence-electron chi connectivity index (χ3n) is 4.37. The highest BCUT2D eigenvalue weighted by atomic mass is 19.1. The summed E-state index contributed by atoms with van der Waals surface area (Å²) in [6.45, 7) is 1.95. The Labute approximate surface area is 152 Å². The number of hydrogen-bond acceptors (Lipinski definition) is 4.